The monoisotopic (exact) mass is 345 g/mol. The van der Waals surface area contributed by atoms with Crippen LogP contribution in [-0.2, 0) is 11.3 Å². The first-order chi connectivity index (χ1) is 12.8. The Bertz CT molecular complexity index is 933. The van der Waals surface area contributed by atoms with Crippen molar-refractivity contribution in [2.75, 3.05) is 6.54 Å². The molecule has 1 N–H and O–H groups in total. The Morgan fingerprint density at radius 1 is 0.962 bits per heavy atom. The van der Waals surface area contributed by atoms with Crippen molar-refractivity contribution in [3.05, 3.63) is 89.5 Å². The summed E-state index contributed by atoms with van der Waals surface area (Å²) in [6.07, 6.45) is 4.02. The van der Waals surface area contributed by atoms with Gasteiger partial charge >= 0.3 is 6.09 Å². The third-order valence-electron chi connectivity index (χ3n) is 3.99. The van der Waals surface area contributed by atoms with E-state index in [1.807, 2.05) is 66.7 Å². The molecule has 3 aromatic rings. The summed E-state index contributed by atoms with van der Waals surface area (Å²) >= 11 is 0. The average Bonchev–Trinajstić information content (AvgIpc) is 2.70. The van der Waals surface area contributed by atoms with Crippen LogP contribution >= 0.6 is 0 Å². The molecule has 0 unspecified atom stereocenters. The zero-order valence-electron chi connectivity index (χ0n) is 14.2. The fourth-order valence-corrected chi connectivity index (χ4v) is 2.69. The highest BCUT2D eigenvalue weighted by atomic mass is 16.5. The molecule has 0 fully saturated rings. The summed E-state index contributed by atoms with van der Waals surface area (Å²) in [5.74, 6) is 0. The van der Waals surface area contributed by atoms with Crippen molar-refractivity contribution in [1.82, 2.24) is 5.32 Å². The molecule has 0 aromatic heterocycles. The van der Waals surface area contributed by atoms with Gasteiger partial charge in [-0.15, -0.1) is 0 Å². The number of rotatable bonds is 6. The molecule has 0 heterocycles. The molecule has 0 radical (unpaired) electrons. The summed E-state index contributed by atoms with van der Waals surface area (Å²) in [4.78, 5) is 23.0. The van der Waals surface area contributed by atoms with Gasteiger partial charge in [0.15, 0.2) is 6.29 Å². The van der Waals surface area contributed by atoms with E-state index in [0.717, 1.165) is 28.2 Å². The molecule has 0 saturated carbocycles. The number of amides is 1. The van der Waals surface area contributed by atoms with E-state index in [2.05, 4.69) is 5.32 Å². The molecule has 3 aromatic carbocycles. The van der Waals surface area contributed by atoms with Crippen LogP contribution in [0.2, 0.25) is 0 Å². The minimum Gasteiger partial charge on any atom is -0.445 e. The van der Waals surface area contributed by atoms with Gasteiger partial charge in [-0.3, -0.25) is 4.79 Å². The third kappa shape index (κ3) is 4.36. The zero-order valence-corrected chi connectivity index (χ0v) is 14.2. The van der Waals surface area contributed by atoms with Gasteiger partial charge in [0.05, 0.1) is 0 Å². The Labute approximate surface area is 152 Å². The molecule has 0 saturated heterocycles. The smallest absolute Gasteiger partial charge is 0.407 e. The second-order valence-electron chi connectivity index (χ2n) is 5.75. The fraction of sp³-hybridized carbons (Fsp3) is 0.0909. The summed E-state index contributed by atoms with van der Waals surface area (Å²) in [5.41, 5.74) is 2.40. The lowest BCUT2D eigenvalue weighted by Crippen LogP contribution is -2.24. The number of benzene rings is 3. The number of hydrogen-bond donors (Lipinski definition) is 1. The number of carbonyl (C=O) groups excluding carboxylic acids is 2. The number of fused-ring (bicyclic) bond motifs is 1. The van der Waals surface area contributed by atoms with Crippen LogP contribution in [-0.4, -0.2) is 18.9 Å². The topological polar surface area (TPSA) is 55.4 Å². The summed E-state index contributed by atoms with van der Waals surface area (Å²) in [6.45, 7) is 0.546. The van der Waals surface area contributed by atoms with Crippen molar-refractivity contribution in [2.24, 2.45) is 0 Å². The quantitative estimate of drug-likeness (QED) is 0.665. The van der Waals surface area contributed by atoms with E-state index < -0.39 is 6.09 Å². The molecule has 0 aliphatic rings. The van der Waals surface area contributed by atoms with Gasteiger partial charge in [-0.2, -0.15) is 0 Å². The first kappa shape index (κ1) is 17.4. The molecule has 3 rings (SSSR count). The van der Waals surface area contributed by atoms with E-state index in [1.54, 1.807) is 12.1 Å². The Balaban J connectivity index is 1.59. The van der Waals surface area contributed by atoms with Crippen molar-refractivity contribution in [3.8, 4) is 0 Å². The van der Waals surface area contributed by atoms with Crippen LogP contribution in [0.15, 0.2) is 72.8 Å². The highest BCUT2D eigenvalue weighted by molar-refractivity contribution is 5.98. The first-order valence-electron chi connectivity index (χ1n) is 8.36. The molecule has 0 aliphatic carbocycles. The van der Waals surface area contributed by atoms with E-state index in [4.69, 9.17) is 4.74 Å². The normalized spacial score (nSPS) is 10.8. The summed E-state index contributed by atoms with van der Waals surface area (Å²) in [5, 5.41) is 4.74. The van der Waals surface area contributed by atoms with E-state index in [-0.39, 0.29) is 6.61 Å². The average molecular weight is 345 g/mol. The molecular weight excluding hydrogens is 326 g/mol. The molecule has 26 heavy (non-hydrogen) atoms. The lowest BCUT2D eigenvalue weighted by atomic mass is 9.99. The van der Waals surface area contributed by atoms with Crippen LogP contribution in [0.4, 0.5) is 4.79 Å². The maximum Gasteiger partial charge on any atom is 0.407 e. The van der Waals surface area contributed by atoms with Gasteiger partial charge < -0.3 is 10.1 Å². The van der Waals surface area contributed by atoms with Crippen LogP contribution in [0.1, 0.15) is 21.5 Å². The predicted molar refractivity (Wildman–Crippen MR) is 103 cm³/mol. The first-order valence-corrected chi connectivity index (χ1v) is 8.36. The van der Waals surface area contributed by atoms with Gasteiger partial charge in [0, 0.05) is 12.1 Å². The molecule has 0 aliphatic heterocycles. The van der Waals surface area contributed by atoms with E-state index in [9.17, 15) is 9.59 Å². The van der Waals surface area contributed by atoms with E-state index in [1.165, 1.54) is 0 Å². The van der Waals surface area contributed by atoms with E-state index in [0.29, 0.717) is 12.1 Å². The molecule has 1 amide bonds. The number of ether oxygens (including phenoxy) is 1. The second kappa shape index (κ2) is 8.62. The second-order valence-corrected chi connectivity index (χ2v) is 5.75. The summed E-state index contributed by atoms with van der Waals surface area (Å²) in [7, 11) is 0. The molecule has 130 valence electrons. The lowest BCUT2D eigenvalue weighted by Gasteiger charge is -2.07. The standard InChI is InChI=1S/C22H19NO3/c24-15-19-13-12-18-9-4-5-10-20(18)21(19)11-6-14-23-22(25)26-16-17-7-2-1-3-8-17/h1-13,15H,14,16H2,(H,23,25). The number of hydrogen-bond acceptors (Lipinski definition) is 3. The number of aldehydes is 1. The number of nitrogens with one attached hydrogen (secondary N) is 1. The highest BCUT2D eigenvalue weighted by Crippen LogP contribution is 2.22. The highest BCUT2D eigenvalue weighted by Gasteiger charge is 2.04. The van der Waals surface area contributed by atoms with Crippen LogP contribution in [0.25, 0.3) is 16.8 Å². The maximum absolute atomic E-state index is 11.7. The van der Waals surface area contributed by atoms with Gasteiger partial charge in [-0.1, -0.05) is 78.9 Å². The van der Waals surface area contributed by atoms with Gasteiger partial charge in [0.2, 0.25) is 0 Å². The van der Waals surface area contributed by atoms with Crippen LogP contribution in [0.3, 0.4) is 0 Å². The molecule has 0 atom stereocenters. The minimum atomic E-state index is -0.480. The molecule has 0 spiro atoms. The van der Waals surface area contributed by atoms with Gasteiger partial charge in [-0.25, -0.2) is 4.79 Å². The molecule has 4 nitrogen and oxygen atoms in total. The van der Waals surface area contributed by atoms with Crippen molar-refractivity contribution in [1.29, 1.82) is 0 Å². The van der Waals surface area contributed by atoms with Crippen molar-refractivity contribution < 1.29 is 14.3 Å². The summed E-state index contributed by atoms with van der Waals surface area (Å²) < 4.78 is 5.16. The summed E-state index contributed by atoms with van der Waals surface area (Å²) in [6, 6.07) is 21.1. The molecule has 0 bridgehead atoms. The molecular formula is C22H19NO3. The van der Waals surface area contributed by atoms with Crippen molar-refractivity contribution in [3.63, 3.8) is 0 Å². The predicted octanol–water partition coefficient (Wildman–Crippen LogP) is 4.59. The van der Waals surface area contributed by atoms with E-state index >= 15 is 0 Å². The molecule has 4 heteroatoms. The minimum absolute atomic E-state index is 0.231. The van der Waals surface area contributed by atoms with Gasteiger partial charge in [0.1, 0.15) is 6.61 Å². The van der Waals surface area contributed by atoms with Crippen molar-refractivity contribution >= 4 is 29.2 Å². The van der Waals surface area contributed by atoms with Crippen molar-refractivity contribution in [2.45, 2.75) is 6.61 Å². The maximum atomic E-state index is 11.7. The third-order valence-corrected chi connectivity index (χ3v) is 3.99. The van der Waals surface area contributed by atoms with Gasteiger partial charge in [-0.05, 0) is 21.9 Å². The lowest BCUT2D eigenvalue weighted by molar-refractivity contribution is 0.112. The van der Waals surface area contributed by atoms with Gasteiger partial charge in [0.25, 0.3) is 0 Å². The SMILES string of the molecule is O=Cc1ccc2ccccc2c1C=CCNC(=O)OCc1ccccc1. The van der Waals surface area contributed by atoms with Crippen LogP contribution < -0.4 is 5.32 Å². The Hall–Kier alpha value is -3.40. The Morgan fingerprint density at radius 3 is 2.54 bits per heavy atom. The van der Waals surface area contributed by atoms with Crippen LogP contribution in [0, 0.1) is 0 Å². The fourth-order valence-electron chi connectivity index (χ4n) is 2.69. The number of alkyl carbamates (subject to hydrolysis) is 1. The Kier molecular flexibility index (Phi) is 5.78. The number of carbonyl (C=O) groups is 2. The Morgan fingerprint density at radius 2 is 1.73 bits per heavy atom. The zero-order chi connectivity index (χ0) is 18.2. The van der Waals surface area contributed by atoms with Crippen LogP contribution in [0.5, 0.6) is 0 Å². The largest absolute Gasteiger partial charge is 0.445 e.